The van der Waals surface area contributed by atoms with Crippen molar-refractivity contribution < 1.29 is 9.59 Å². The first-order valence-electron chi connectivity index (χ1n) is 7.36. The van der Waals surface area contributed by atoms with E-state index >= 15 is 0 Å². The second kappa shape index (κ2) is 7.59. The number of hydrogen-bond donors (Lipinski definition) is 2. The summed E-state index contributed by atoms with van der Waals surface area (Å²) in [5.41, 5.74) is 0. The van der Waals surface area contributed by atoms with Gasteiger partial charge in [-0.2, -0.15) is 0 Å². The summed E-state index contributed by atoms with van der Waals surface area (Å²) < 4.78 is 0. The average Bonchev–Trinajstić information content (AvgIpc) is 2.37. The van der Waals surface area contributed by atoms with Crippen LogP contribution in [0.25, 0.3) is 0 Å². The van der Waals surface area contributed by atoms with E-state index in [0.29, 0.717) is 19.6 Å². The largest absolute Gasteiger partial charge is 0.358 e. The van der Waals surface area contributed by atoms with Gasteiger partial charge in [0.25, 0.3) is 0 Å². The van der Waals surface area contributed by atoms with E-state index in [2.05, 4.69) is 10.6 Å². The molecule has 1 heterocycles. The molecule has 2 N–H and O–H groups in total. The maximum absolute atomic E-state index is 12.5. The molecule has 0 aliphatic carbocycles. The zero-order valence-electron chi connectivity index (χ0n) is 13.3. The maximum Gasteiger partial charge on any atom is 0.238 e. The molecular weight excluding hydrogens is 256 g/mol. The zero-order valence-corrected chi connectivity index (χ0v) is 13.3. The normalized spacial score (nSPS) is 20.2. The second-order valence-electron chi connectivity index (χ2n) is 5.79. The first-order valence-corrected chi connectivity index (χ1v) is 7.36. The van der Waals surface area contributed by atoms with E-state index in [4.69, 9.17) is 0 Å². The number of likely N-dealkylation sites (N-methyl/N-ethyl adjacent to an activating group) is 1. The highest BCUT2D eigenvalue weighted by Gasteiger charge is 2.31. The Labute approximate surface area is 121 Å². The highest BCUT2D eigenvalue weighted by atomic mass is 16.2. The van der Waals surface area contributed by atoms with E-state index in [1.165, 1.54) is 0 Å². The molecule has 0 aromatic heterocycles. The van der Waals surface area contributed by atoms with Crippen LogP contribution in [0, 0.1) is 0 Å². The molecule has 0 aromatic rings. The van der Waals surface area contributed by atoms with Crippen molar-refractivity contribution in [2.45, 2.75) is 45.8 Å². The van der Waals surface area contributed by atoms with Crippen molar-refractivity contribution in [3.8, 4) is 0 Å². The topological polar surface area (TPSA) is 64.7 Å². The number of carbonyl (C=O) groups excluding carboxylic acids is 2. The van der Waals surface area contributed by atoms with Gasteiger partial charge in [0.1, 0.15) is 6.04 Å². The van der Waals surface area contributed by atoms with Crippen molar-refractivity contribution in [2.75, 3.05) is 33.2 Å². The van der Waals surface area contributed by atoms with E-state index < -0.39 is 0 Å². The van der Waals surface area contributed by atoms with E-state index in [9.17, 15) is 9.59 Å². The van der Waals surface area contributed by atoms with Gasteiger partial charge >= 0.3 is 0 Å². The van der Waals surface area contributed by atoms with Crippen LogP contribution in [0.3, 0.4) is 0 Å². The van der Waals surface area contributed by atoms with Crippen molar-refractivity contribution in [3.63, 3.8) is 0 Å². The summed E-state index contributed by atoms with van der Waals surface area (Å²) >= 11 is 0. The van der Waals surface area contributed by atoms with Gasteiger partial charge in [-0.15, -0.1) is 0 Å². The fraction of sp³-hybridized carbons (Fsp3) is 0.857. The van der Waals surface area contributed by atoms with Crippen molar-refractivity contribution in [1.82, 2.24) is 20.4 Å². The molecule has 1 fully saturated rings. The standard InChI is InChI=1S/C14H28N4O2/c1-10(2)18(11(3)4)13(19)9-17-7-6-16-8-12(17)14(20)15-5/h10-12,16H,6-9H2,1-5H3,(H,15,20). The molecule has 6 nitrogen and oxygen atoms in total. The van der Waals surface area contributed by atoms with Crippen LogP contribution in [-0.2, 0) is 9.59 Å². The minimum absolute atomic E-state index is 0.0364. The highest BCUT2D eigenvalue weighted by Crippen LogP contribution is 2.09. The molecule has 1 aliphatic rings. The van der Waals surface area contributed by atoms with E-state index in [1.807, 2.05) is 37.5 Å². The zero-order chi connectivity index (χ0) is 15.3. The minimum atomic E-state index is -0.265. The summed E-state index contributed by atoms with van der Waals surface area (Å²) in [7, 11) is 1.63. The Hall–Kier alpha value is -1.14. The van der Waals surface area contributed by atoms with Crippen molar-refractivity contribution in [3.05, 3.63) is 0 Å². The number of hydrogen-bond acceptors (Lipinski definition) is 4. The van der Waals surface area contributed by atoms with Crippen LogP contribution >= 0.6 is 0 Å². The average molecular weight is 284 g/mol. The highest BCUT2D eigenvalue weighted by molar-refractivity contribution is 5.84. The third kappa shape index (κ3) is 4.18. The van der Waals surface area contributed by atoms with Crippen molar-refractivity contribution in [1.29, 1.82) is 0 Å². The molecule has 0 bridgehead atoms. The van der Waals surface area contributed by atoms with Crippen LogP contribution in [0.4, 0.5) is 0 Å². The van der Waals surface area contributed by atoms with Gasteiger partial charge in [-0.05, 0) is 27.7 Å². The number of carbonyl (C=O) groups is 2. The van der Waals surface area contributed by atoms with Crippen LogP contribution in [0.1, 0.15) is 27.7 Å². The molecule has 1 unspecified atom stereocenters. The third-order valence-corrected chi connectivity index (χ3v) is 3.64. The van der Waals surface area contributed by atoms with Gasteiger partial charge in [0, 0.05) is 38.8 Å². The Morgan fingerprint density at radius 1 is 1.30 bits per heavy atom. The van der Waals surface area contributed by atoms with E-state index in [1.54, 1.807) is 7.05 Å². The summed E-state index contributed by atoms with van der Waals surface area (Å²) in [4.78, 5) is 28.2. The lowest BCUT2D eigenvalue weighted by Crippen LogP contribution is -2.60. The van der Waals surface area contributed by atoms with Crippen molar-refractivity contribution in [2.24, 2.45) is 0 Å². The van der Waals surface area contributed by atoms with Crippen LogP contribution in [0.15, 0.2) is 0 Å². The summed E-state index contributed by atoms with van der Waals surface area (Å²) in [6, 6.07) is 0.0756. The summed E-state index contributed by atoms with van der Waals surface area (Å²) in [6.45, 7) is 10.5. The van der Waals surface area contributed by atoms with Gasteiger partial charge in [-0.3, -0.25) is 14.5 Å². The fourth-order valence-corrected chi connectivity index (χ4v) is 2.79. The molecular formula is C14H28N4O2. The van der Waals surface area contributed by atoms with Crippen LogP contribution in [-0.4, -0.2) is 73.0 Å². The predicted octanol–water partition coefficient (Wildman–Crippen LogP) is -0.348. The monoisotopic (exact) mass is 284 g/mol. The Morgan fingerprint density at radius 2 is 1.90 bits per heavy atom. The van der Waals surface area contributed by atoms with Gasteiger partial charge < -0.3 is 15.5 Å². The fourth-order valence-electron chi connectivity index (χ4n) is 2.79. The number of piperazine rings is 1. The van der Waals surface area contributed by atoms with Gasteiger partial charge in [0.15, 0.2) is 0 Å². The quantitative estimate of drug-likeness (QED) is 0.724. The SMILES string of the molecule is CNC(=O)C1CNCCN1CC(=O)N(C(C)C)C(C)C. The molecule has 1 atom stereocenters. The molecule has 1 aliphatic heterocycles. The number of nitrogens with zero attached hydrogens (tertiary/aromatic N) is 2. The van der Waals surface area contributed by atoms with Crippen LogP contribution in [0.5, 0.6) is 0 Å². The lowest BCUT2D eigenvalue weighted by molar-refractivity contribution is -0.138. The number of rotatable bonds is 5. The third-order valence-electron chi connectivity index (χ3n) is 3.64. The number of amides is 2. The smallest absolute Gasteiger partial charge is 0.238 e. The first kappa shape index (κ1) is 16.9. The van der Waals surface area contributed by atoms with Gasteiger partial charge in [-0.1, -0.05) is 0 Å². The summed E-state index contributed by atoms with van der Waals surface area (Å²) in [5, 5.41) is 5.87. The van der Waals surface area contributed by atoms with Gasteiger partial charge in [0.2, 0.25) is 11.8 Å². The Bertz CT molecular complexity index is 336. The predicted molar refractivity (Wildman–Crippen MR) is 79.4 cm³/mol. The molecule has 0 saturated carbocycles. The first-order chi connectivity index (χ1) is 9.38. The Balaban J connectivity index is 2.73. The molecule has 116 valence electrons. The molecule has 0 radical (unpaired) electrons. The van der Waals surface area contributed by atoms with Crippen LogP contribution in [0.2, 0.25) is 0 Å². The van der Waals surface area contributed by atoms with E-state index in [0.717, 1.165) is 6.54 Å². The minimum Gasteiger partial charge on any atom is -0.358 e. The summed E-state index contributed by atoms with van der Waals surface area (Å²) in [6.07, 6.45) is 0. The van der Waals surface area contributed by atoms with Gasteiger partial charge in [0.05, 0.1) is 6.54 Å². The lowest BCUT2D eigenvalue weighted by Gasteiger charge is -2.37. The summed E-state index contributed by atoms with van der Waals surface area (Å²) in [5.74, 6) is 0.0523. The van der Waals surface area contributed by atoms with E-state index in [-0.39, 0.29) is 29.9 Å². The molecule has 0 aromatic carbocycles. The number of nitrogens with one attached hydrogen (secondary N) is 2. The van der Waals surface area contributed by atoms with Gasteiger partial charge in [-0.25, -0.2) is 0 Å². The molecule has 2 amide bonds. The second-order valence-corrected chi connectivity index (χ2v) is 5.79. The van der Waals surface area contributed by atoms with Crippen LogP contribution < -0.4 is 10.6 Å². The lowest BCUT2D eigenvalue weighted by atomic mass is 10.1. The Kier molecular flexibility index (Phi) is 6.42. The Morgan fingerprint density at radius 3 is 2.40 bits per heavy atom. The molecule has 1 saturated heterocycles. The maximum atomic E-state index is 12.5. The molecule has 0 spiro atoms. The van der Waals surface area contributed by atoms with Crippen molar-refractivity contribution >= 4 is 11.8 Å². The molecule has 20 heavy (non-hydrogen) atoms. The molecule has 1 rings (SSSR count). The molecule has 6 heteroatoms.